The number of likely N-dealkylation sites (tertiary alicyclic amines) is 2. The first-order valence-corrected chi connectivity index (χ1v) is 9.97. The Labute approximate surface area is 152 Å². The molecule has 1 spiro atoms. The Hall–Kier alpha value is -1.79. The summed E-state index contributed by atoms with van der Waals surface area (Å²) in [4.78, 5) is 25.3. The van der Waals surface area contributed by atoms with Crippen molar-refractivity contribution >= 4 is 17.2 Å². The van der Waals surface area contributed by atoms with Gasteiger partial charge in [-0.3, -0.25) is 14.7 Å². The fraction of sp³-hybridized carbons (Fsp3) is 0.526. The van der Waals surface area contributed by atoms with Gasteiger partial charge < -0.3 is 4.90 Å². The molecule has 2 aliphatic rings. The zero-order valence-electron chi connectivity index (χ0n) is 14.4. The number of carbonyl (C=O) groups is 1. The van der Waals surface area contributed by atoms with Crippen molar-refractivity contribution in [2.45, 2.75) is 32.2 Å². The summed E-state index contributed by atoms with van der Waals surface area (Å²) in [5, 5.41) is 1.85. The van der Waals surface area contributed by atoms with Crippen molar-refractivity contribution in [3.8, 4) is 0 Å². The van der Waals surface area contributed by atoms with E-state index >= 15 is 0 Å². The highest BCUT2D eigenvalue weighted by Gasteiger charge is 2.38. The maximum Gasteiger partial charge on any atom is 0.273 e. The van der Waals surface area contributed by atoms with Crippen LogP contribution < -0.4 is 0 Å². The van der Waals surface area contributed by atoms with E-state index in [2.05, 4.69) is 20.9 Å². The summed E-state index contributed by atoms with van der Waals surface area (Å²) in [5.41, 5.74) is 4.07. The molecule has 0 aliphatic carbocycles. The van der Waals surface area contributed by atoms with E-state index in [1.165, 1.54) is 29.7 Å². The Kier molecular flexibility index (Phi) is 4.81. The van der Waals surface area contributed by atoms with Crippen molar-refractivity contribution in [2.24, 2.45) is 5.41 Å². The van der Waals surface area contributed by atoms with Crippen molar-refractivity contribution in [2.75, 3.05) is 26.2 Å². The molecule has 2 aromatic heterocycles. The van der Waals surface area contributed by atoms with Crippen molar-refractivity contribution in [3.63, 3.8) is 0 Å². The molecule has 0 unspecified atom stereocenters. The number of aromatic nitrogens is 2. The highest BCUT2D eigenvalue weighted by molar-refractivity contribution is 7.07. The van der Waals surface area contributed by atoms with Crippen LogP contribution in [-0.2, 0) is 6.54 Å². The average Bonchev–Trinajstić information content (AvgIpc) is 3.20. The Balaban J connectivity index is 1.29. The number of hydrogen-bond donors (Lipinski definition) is 0. The smallest absolute Gasteiger partial charge is 0.273 e. The van der Waals surface area contributed by atoms with Gasteiger partial charge in [0.15, 0.2) is 0 Å². The molecule has 1 amide bonds. The minimum Gasteiger partial charge on any atom is -0.337 e. The van der Waals surface area contributed by atoms with E-state index in [1.807, 2.05) is 28.7 Å². The molecule has 0 bridgehead atoms. The van der Waals surface area contributed by atoms with Crippen LogP contribution in [-0.4, -0.2) is 51.9 Å². The number of piperidine rings is 2. The van der Waals surface area contributed by atoms with E-state index in [-0.39, 0.29) is 5.91 Å². The van der Waals surface area contributed by atoms with E-state index in [0.29, 0.717) is 11.1 Å². The Morgan fingerprint density at radius 3 is 2.56 bits per heavy atom. The monoisotopic (exact) mass is 356 g/mol. The second-order valence-corrected chi connectivity index (χ2v) is 8.02. The summed E-state index contributed by atoms with van der Waals surface area (Å²) in [6.45, 7) is 5.04. The fourth-order valence-electron chi connectivity index (χ4n) is 4.10. The van der Waals surface area contributed by atoms with Crippen LogP contribution in [0.3, 0.4) is 0 Å². The molecular weight excluding hydrogens is 332 g/mol. The summed E-state index contributed by atoms with van der Waals surface area (Å²) in [6.07, 6.45) is 8.54. The molecule has 2 aromatic rings. The second-order valence-electron chi connectivity index (χ2n) is 7.30. The van der Waals surface area contributed by atoms with Crippen LogP contribution in [0.15, 0.2) is 35.4 Å². The highest BCUT2D eigenvalue weighted by Crippen LogP contribution is 2.41. The number of hydrogen-bond acceptors (Lipinski definition) is 5. The van der Waals surface area contributed by atoms with E-state index < -0.39 is 0 Å². The predicted octanol–water partition coefficient (Wildman–Crippen LogP) is 3.06. The maximum absolute atomic E-state index is 12.4. The van der Waals surface area contributed by atoms with Crippen LogP contribution in [0.1, 0.15) is 41.7 Å². The lowest BCUT2D eigenvalue weighted by molar-refractivity contribution is 0.0282. The number of rotatable bonds is 3. The molecule has 2 fully saturated rings. The minimum atomic E-state index is 0.102. The van der Waals surface area contributed by atoms with Gasteiger partial charge in [0.25, 0.3) is 5.91 Å². The molecule has 2 saturated heterocycles. The Morgan fingerprint density at radius 1 is 1.16 bits per heavy atom. The molecular formula is C19H24N4OS. The largest absolute Gasteiger partial charge is 0.337 e. The summed E-state index contributed by atoms with van der Waals surface area (Å²) in [5.74, 6) is 0.102. The molecule has 0 N–H and O–H groups in total. The third-order valence-electron chi connectivity index (χ3n) is 5.81. The van der Waals surface area contributed by atoms with Crippen molar-refractivity contribution in [1.82, 2.24) is 19.8 Å². The quantitative estimate of drug-likeness (QED) is 0.848. The van der Waals surface area contributed by atoms with Crippen molar-refractivity contribution in [3.05, 3.63) is 46.7 Å². The van der Waals surface area contributed by atoms with Gasteiger partial charge in [0.05, 0.1) is 5.51 Å². The van der Waals surface area contributed by atoms with E-state index in [4.69, 9.17) is 0 Å². The van der Waals surface area contributed by atoms with Gasteiger partial charge in [-0.05, 0) is 55.8 Å². The molecule has 6 heteroatoms. The summed E-state index contributed by atoms with van der Waals surface area (Å²) in [6, 6.07) is 4.16. The Bertz CT molecular complexity index is 685. The predicted molar refractivity (Wildman–Crippen MR) is 98.4 cm³/mol. The number of thiazole rings is 1. The van der Waals surface area contributed by atoms with Gasteiger partial charge in [-0.2, -0.15) is 0 Å². The second kappa shape index (κ2) is 7.22. The molecule has 0 atom stereocenters. The van der Waals surface area contributed by atoms with Gasteiger partial charge in [-0.1, -0.05) is 6.07 Å². The summed E-state index contributed by atoms with van der Waals surface area (Å²) < 4.78 is 0. The summed E-state index contributed by atoms with van der Waals surface area (Å²) >= 11 is 1.49. The molecule has 0 saturated carbocycles. The summed E-state index contributed by atoms with van der Waals surface area (Å²) in [7, 11) is 0. The van der Waals surface area contributed by atoms with Gasteiger partial charge in [0, 0.05) is 37.4 Å². The lowest BCUT2D eigenvalue weighted by Gasteiger charge is -2.46. The van der Waals surface area contributed by atoms with E-state index in [0.717, 1.165) is 45.6 Å². The molecule has 25 heavy (non-hydrogen) atoms. The van der Waals surface area contributed by atoms with Gasteiger partial charge in [0.2, 0.25) is 0 Å². The lowest BCUT2D eigenvalue weighted by atomic mass is 9.71. The van der Waals surface area contributed by atoms with Gasteiger partial charge in [-0.15, -0.1) is 11.3 Å². The highest BCUT2D eigenvalue weighted by atomic mass is 32.1. The maximum atomic E-state index is 12.4. The third kappa shape index (κ3) is 3.75. The van der Waals surface area contributed by atoms with Gasteiger partial charge in [0.1, 0.15) is 5.69 Å². The standard InChI is InChI=1S/C19H24N4OS/c24-18(17-14-25-15-21-17)23-10-5-19(6-11-23)3-8-22(9-4-19)13-16-2-1-7-20-12-16/h1-2,7,12,14-15H,3-6,8-11,13H2. The van der Waals surface area contributed by atoms with E-state index in [9.17, 15) is 4.79 Å². The molecule has 4 rings (SSSR count). The van der Waals surface area contributed by atoms with Crippen LogP contribution in [0, 0.1) is 5.41 Å². The first-order valence-electron chi connectivity index (χ1n) is 9.03. The van der Waals surface area contributed by atoms with Crippen LogP contribution >= 0.6 is 11.3 Å². The third-order valence-corrected chi connectivity index (χ3v) is 6.39. The number of amides is 1. The number of pyridine rings is 1. The van der Waals surface area contributed by atoms with Crippen LogP contribution in [0.5, 0.6) is 0 Å². The van der Waals surface area contributed by atoms with Crippen molar-refractivity contribution in [1.29, 1.82) is 0 Å². The van der Waals surface area contributed by atoms with Gasteiger partial charge in [-0.25, -0.2) is 4.98 Å². The molecule has 0 radical (unpaired) electrons. The fourth-order valence-corrected chi connectivity index (χ4v) is 4.63. The van der Waals surface area contributed by atoms with Gasteiger partial charge >= 0.3 is 0 Å². The lowest BCUT2D eigenvalue weighted by Crippen LogP contribution is -2.48. The molecule has 0 aromatic carbocycles. The SMILES string of the molecule is O=C(c1cscn1)N1CCC2(CCN(Cc3cccnc3)CC2)CC1. The molecule has 4 heterocycles. The number of carbonyl (C=O) groups excluding carboxylic acids is 1. The van der Waals surface area contributed by atoms with Crippen LogP contribution in [0.25, 0.3) is 0 Å². The molecule has 5 nitrogen and oxygen atoms in total. The first kappa shape index (κ1) is 16.7. The zero-order chi connectivity index (χ0) is 17.1. The normalized spacial score (nSPS) is 20.7. The average molecular weight is 356 g/mol. The zero-order valence-corrected chi connectivity index (χ0v) is 15.2. The minimum absolute atomic E-state index is 0.102. The van der Waals surface area contributed by atoms with E-state index in [1.54, 1.807) is 5.51 Å². The topological polar surface area (TPSA) is 49.3 Å². The Morgan fingerprint density at radius 2 is 1.92 bits per heavy atom. The van der Waals surface area contributed by atoms with Crippen LogP contribution in [0.4, 0.5) is 0 Å². The molecule has 2 aliphatic heterocycles. The van der Waals surface area contributed by atoms with Crippen LogP contribution in [0.2, 0.25) is 0 Å². The number of nitrogens with zero attached hydrogens (tertiary/aromatic N) is 4. The van der Waals surface area contributed by atoms with Crippen molar-refractivity contribution < 1.29 is 4.79 Å². The molecule has 132 valence electrons. The first-order chi connectivity index (χ1) is 12.2.